The predicted molar refractivity (Wildman–Crippen MR) is 78.8 cm³/mol. The van der Waals surface area contributed by atoms with E-state index in [1.807, 2.05) is 19.1 Å². The first-order chi connectivity index (χ1) is 8.58. The van der Waals surface area contributed by atoms with Gasteiger partial charge in [0.05, 0.1) is 10.2 Å². The van der Waals surface area contributed by atoms with Crippen molar-refractivity contribution in [3.63, 3.8) is 0 Å². The van der Waals surface area contributed by atoms with Crippen molar-refractivity contribution in [2.24, 2.45) is 11.7 Å². The molecule has 18 heavy (non-hydrogen) atoms. The van der Waals surface area contributed by atoms with E-state index in [4.69, 9.17) is 18.0 Å². The number of nitrogens with one attached hydrogen (secondary N) is 1. The Balaban J connectivity index is 1.88. The maximum atomic E-state index is 12.0. The van der Waals surface area contributed by atoms with Crippen LogP contribution in [0.15, 0.2) is 29.2 Å². The van der Waals surface area contributed by atoms with E-state index in [1.165, 1.54) is 10.5 Å². The molecule has 0 radical (unpaired) electrons. The molecule has 1 aromatic rings. The molecule has 1 aromatic carbocycles. The summed E-state index contributed by atoms with van der Waals surface area (Å²) >= 11 is 6.51. The molecule has 0 saturated heterocycles. The number of hydrogen-bond donors (Lipinski definition) is 2. The molecule has 0 saturated carbocycles. The first-order valence-corrected chi connectivity index (χ1v) is 7.18. The summed E-state index contributed by atoms with van der Waals surface area (Å²) in [5.41, 5.74) is 6.77. The van der Waals surface area contributed by atoms with Crippen molar-refractivity contribution in [2.45, 2.75) is 23.5 Å². The van der Waals surface area contributed by atoms with Crippen molar-refractivity contribution < 1.29 is 4.79 Å². The van der Waals surface area contributed by atoms with Crippen LogP contribution in [0.5, 0.6) is 0 Å². The number of carbonyl (C=O) groups is 1. The lowest BCUT2D eigenvalue weighted by atomic mass is 10.1. The molecule has 2 rings (SSSR count). The van der Waals surface area contributed by atoms with E-state index in [0.29, 0.717) is 11.5 Å². The van der Waals surface area contributed by atoms with Gasteiger partial charge in [-0.05, 0) is 18.1 Å². The predicted octanol–water partition coefficient (Wildman–Crippen LogP) is 1.74. The van der Waals surface area contributed by atoms with Crippen LogP contribution in [0, 0.1) is 5.92 Å². The highest BCUT2D eigenvalue weighted by molar-refractivity contribution is 8.01. The van der Waals surface area contributed by atoms with E-state index in [2.05, 4.69) is 17.4 Å². The van der Waals surface area contributed by atoms with Gasteiger partial charge < -0.3 is 11.1 Å². The third kappa shape index (κ3) is 3.03. The van der Waals surface area contributed by atoms with Crippen LogP contribution in [0.2, 0.25) is 0 Å². The van der Waals surface area contributed by atoms with Crippen molar-refractivity contribution >= 4 is 34.9 Å². The van der Waals surface area contributed by atoms with E-state index < -0.39 is 0 Å². The fourth-order valence-corrected chi connectivity index (χ4v) is 3.10. The van der Waals surface area contributed by atoms with Gasteiger partial charge in [-0.2, -0.15) is 0 Å². The Morgan fingerprint density at radius 3 is 3.00 bits per heavy atom. The van der Waals surface area contributed by atoms with Gasteiger partial charge in [0.15, 0.2) is 0 Å². The second kappa shape index (κ2) is 5.71. The Bertz CT molecular complexity index is 451. The number of thioether (sulfide) groups is 1. The Hall–Kier alpha value is -1.07. The molecule has 1 amide bonds. The Kier molecular flexibility index (Phi) is 4.24. The summed E-state index contributed by atoms with van der Waals surface area (Å²) in [5, 5.41) is 2.89. The molecule has 2 unspecified atom stereocenters. The number of hydrogen-bond acceptors (Lipinski definition) is 3. The van der Waals surface area contributed by atoms with Gasteiger partial charge in [-0.15, -0.1) is 11.8 Å². The highest BCUT2D eigenvalue weighted by Gasteiger charge is 2.27. The molecule has 0 fully saturated rings. The summed E-state index contributed by atoms with van der Waals surface area (Å²) < 4.78 is 0. The van der Waals surface area contributed by atoms with Crippen molar-refractivity contribution in [1.29, 1.82) is 0 Å². The fraction of sp³-hybridized carbons (Fsp3) is 0.385. The summed E-state index contributed by atoms with van der Waals surface area (Å²) in [6.45, 7) is 2.43. The molecule has 2 atom stereocenters. The highest BCUT2D eigenvalue weighted by Crippen LogP contribution is 2.36. The van der Waals surface area contributed by atoms with E-state index in [0.717, 1.165) is 6.42 Å². The Labute approximate surface area is 117 Å². The summed E-state index contributed by atoms with van der Waals surface area (Å²) in [7, 11) is 0. The molecule has 0 aromatic heterocycles. The minimum Gasteiger partial charge on any atom is -0.393 e. The number of fused-ring (bicyclic) bond motifs is 1. The van der Waals surface area contributed by atoms with Crippen LogP contribution < -0.4 is 11.1 Å². The topological polar surface area (TPSA) is 55.1 Å². The summed E-state index contributed by atoms with van der Waals surface area (Å²) in [5.74, 6) is 0.108. The molecule has 1 aliphatic heterocycles. The van der Waals surface area contributed by atoms with Gasteiger partial charge in [0, 0.05) is 17.4 Å². The SMILES string of the molecule is CC(CNC(=O)C1Cc2ccccc2S1)C(N)=S. The van der Waals surface area contributed by atoms with Gasteiger partial charge >= 0.3 is 0 Å². The van der Waals surface area contributed by atoms with Gasteiger partial charge in [0.25, 0.3) is 0 Å². The maximum Gasteiger partial charge on any atom is 0.233 e. The first kappa shape index (κ1) is 13.4. The van der Waals surface area contributed by atoms with Crippen LogP contribution in [-0.4, -0.2) is 22.7 Å². The number of benzene rings is 1. The number of nitrogens with two attached hydrogens (primary N) is 1. The summed E-state index contributed by atoms with van der Waals surface area (Å²) in [4.78, 5) is 13.7. The van der Waals surface area contributed by atoms with Gasteiger partial charge in [0.1, 0.15) is 0 Å². The largest absolute Gasteiger partial charge is 0.393 e. The third-order valence-electron chi connectivity index (χ3n) is 3.01. The minimum absolute atomic E-state index is 0.0269. The van der Waals surface area contributed by atoms with Crippen molar-refractivity contribution in [3.8, 4) is 0 Å². The molecular formula is C13H16N2OS2. The number of thiocarbonyl (C=S) groups is 1. The van der Waals surface area contributed by atoms with Gasteiger partial charge in [-0.1, -0.05) is 37.3 Å². The molecule has 1 aliphatic rings. The molecular weight excluding hydrogens is 264 g/mol. The van der Waals surface area contributed by atoms with Crippen LogP contribution in [-0.2, 0) is 11.2 Å². The van der Waals surface area contributed by atoms with Gasteiger partial charge in [-0.3, -0.25) is 4.79 Å². The first-order valence-electron chi connectivity index (χ1n) is 5.89. The van der Waals surface area contributed by atoms with Crippen LogP contribution in [0.25, 0.3) is 0 Å². The van der Waals surface area contributed by atoms with E-state index in [-0.39, 0.29) is 17.1 Å². The fourth-order valence-electron chi connectivity index (χ4n) is 1.80. The zero-order chi connectivity index (χ0) is 13.1. The molecule has 0 spiro atoms. The van der Waals surface area contributed by atoms with Crippen molar-refractivity contribution in [2.75, 3.05) is 6.54 Å². The van der Waals surface area contributed by atoms with E-state index in [9.17, 15) is 4.79 Å². The van der Waals surface area contributed by atoms with E-state index >= 15 is 0 Å². The standard InChI is InChI=1S/C13H16N2OS2/c1-8(12(14)17)7-15-13(16)11-6-9-4-2-3-5-10(9)18-11/h2-5,8,11H,6-7H2,1H3,(H2,14,17)(H,15,16). The van der Waals surface area contributed by atoms with Crippen LogP contribution >= 0.6 is 24.0 Å². The van der Waals surface area contributed by atoms with Gasteiger partial charge in [-0.25, -0.2) is 0 Å². The molecule has 0 aliphatic carbocycles. The average molecular weight is 280 g/mol. The van der Waals surface area contributed by atoms with Gasteiger partial charge in [0.2, 0.25) is 5.91 Å². The quantitative estimate of drug-likeness (QED) is 0.825. The van der Waals surface area contributed by atoms with Crippen molar-refractivity contribution in [3.05, 3.63) is 29.8 Å². The summed E-state index contributed by atoms with van der Waals surface area (Å²) in [6.07, 6.45) is 0.800. The average Bonchev–Trinajstić information content (AvgIpc) is 2.79. The second-order valence-electron chi connectivity index (χ2n) is 4.47. The Morgan fingerprint density at radius 2 is 2.33 bits per heavy atom. The number of amides is 1. The number of rotatable bonds is 4. The second-order valence-corrected chi connectivity index (χ2v) is 6.18. The lowest BCUT2D eigenvalue weighted by Crippen LogP contribution is -2.38. The van der Waals surface area contributed by atoms with Crippen LogP contribution in [0.1, 0.15) is 12.5 Å². The molecule has 3 N–H and O–H groups in total. The molecule has 1 heterocycles. The van der Waals surface area contributed by atoms with Crippen LogP contribution in [0.4, 0.5) is 0 Å². The zero-order valence-electron chi connectivity index (χ0n) is 10.2. The normalized spacial score (nSPS) is 19.1. The lowest BCUT2D eigenvalue weighted by molar-refractivity contribution is -0.120. The van der Waals surface area contributed by atoms with E-state index in [1.54, 1.807) is 11.8 Å². The molecule has 96 valence electrons. The zero-order valence-corrected chi connectivity index (χ0v) is 11.8. The molecule has 3 nitrogen and oxygen atoms in total. The monoisotopic (exact) mass is 280 g/mol. The lowest BCUT2D eigenvalue weighted by Gasteiger charge is -2.13. The smallest absolute Gasteiger partial charge is 0.233 e. The Morgan fingerprint density at radius 1 is 1.61 bits per heavy atom. The van der Waals surface area contributed by atoms with Crippen molar-refractivity contribution in [1.82, 2.24) is 5.32 Å². The minimum atomic E-state index is -0.0269. The number of carbonyl (C=O) groups excluding carboxylic acids is 1. The summed E-state index contributed by atoms with van der Waals surface area (Å²) in [6, 6.07) is 8.15. The maximum absolute atomic E-state index is 12.0. The molecule has 0 bridgehead atoms. The highest BCUT2D eigenvalue weighted by atomic mass is 32.2. The molecule has 5 heteroatoms. The van der Waals surface area contributed by atoms with Crippen LogP contribution in [0.3, 0.4) is 0 Å². The third-order valence-corrected chi connectivity index (χ3v) is 4.73.